The number of hydrogen-bond donors (Lipinski definition) is 1. The number of methoxy groups -OCH3 is 2. The quantitative estimate of drug-likeness (QED) is 0.786. The molecule has 0 radical (unpaired) electrons. The molecule has 2 aromatic rings. The molecule has 1 heterocycles. The number of benzene rings is 2. The fourth-order valence-corrected chi connectivity index (χ4v) is 2.83. The van der Waals surface area contributed by atoms with Gasteiger partial charge in [-0.25, -0.2) is 14.5 Å². The number of carbonyl (C=O) groups is 2. The Labute approximate surface area is 167 Å². The van der Waals surface area contributed by atoms with Gasteiger partial charge in [-0.1, -0.05) is 12.1 Å². The number of nitrogens with zero attached hydrogens (tertiary/aromatic N) is 4. The molecule has 9 nitrogen and oxygen atoms in total. The molecule has 3 rings (SSSR count). The van der Waals surface area contributed by atoms with Crippen molar-refractivity contribution in [3.63, 3.8) is 0 Å². The first-order chi connectivity index (χ1) is 14.0. The van der Waals surface area contributed by atoms with E-state index in [1.807, 2.05) is 6.07 Å². The molecule has 1 aliphatic heterocycles. The van der Waals surface area contributed by atoms with Gasteiger partial charge in [-0.05, 0) is 24.3 Å². The molecule has 0 aliphatic carbocycles. The van der Waals surface area contributed by atoms with E-state index in [2.05, 4.69) is 10.3 Å². The summed E-state index contributed by atoms with van der Waals surface area (Å²) in [4.78, 5) is 31.9. The van der Waals surface area contributed by atoms with Crippen LogP contribution in [0.1, 0.15) is 0 Å². The second-order valence-electron chi connectivity index (χ2n) is 6.02. The minimum atomic E-state index is -0.646. The van der Waals surface area contributed by atoms with Crippen molar-refractivity contribution >= 4 is 29.3 Å². The van der Waals surface area contributed by atoms with E-state index in [9.17, 15) is 9.59 Å². The van der Waals surface area contributed by atoms with Gasteiger partial charge in [-0.15, -0.1) is 0 Å². The number of nitriles is 1. The Morgan fingerprint density at radius 2 is 1.86 bits per heavy atom. The van der Waals surface area contributed by atoms with Gasteiger partial charge in [0.2, 0.25) is 0 Å². The molecule has 29 heavy (non-hydrogen) atoms. The smallest absolute Gasteiger partial charge is 0.347 e. The van der Waals surface area contributed by atoms with Crippen LogP contribution < -0.4 is 19.7 Å². The fraction of sp³-hybridized carbons (Fsp3) is 0.200. The third-order valence-corrected chi connectivity index (χ3v) is 4.18. The van der Waals surface area contributed by atoms with Crippen LogP contribution in [-0.2, 0) is 0 Å². The first-order valence-corrected chi connectivity index (χ1v) is 8.68. The van der Waals surface area contributed by atoms with E-state index in [0.717, 1.165) is 0 Å². The van der Waals surface area contributed by atoms with Crippen LogP contribution >= 0.6 is 0 Å². The zero-order valence-electron chi connectivity index (χ0n) is 16.0. The first kappa shape index (κ1) is 19.7. The SMILES string of the molecule is COc1cccc(NC(=O)/N=C2\CN(CC#N)C(=O)N2c2cccc(OC)c2)c1. The number of nitrogens with one attached hydrogen (secondary N) is 1. The normalized spacial score (nSPS) is 14.7. The zero-order chi connectivity index (χ0) is 20.8. The van der Waals surface area contributed by atoms with E-state index in [-0.39, 0.29) is 18.9 Å². The number of amidine groups is 1. The van der Waals surface area contributed by atoms with Crippen molar-refractivity contribution in [2.45, 2.75) is 0 Å². The summed E-state index contributed by atoms with van der Waals surface area (Å²) in [7, 11) is 3.05. The van der Waals surface area contributed by atoms with Crippen molar-refractivity contribution in [3.8, 4) is 17.6 Å². The summed E-state index contributed by atoms with van der Waals surface area (Å²) in [6.45, 7) is -0.0784. The number of aliphatic imine (C=N–C) groups is 1. The predicted octanol–water partition coefficient (Wildman–Crippen LogP) is 3.10. The molecular formula is C20H19N5O4. The van der Waals surface area contributed by atoms with Crippen molar-refractivity contribution < 1.29 is 19.1 Å². The number of urea groups is 2. The minimum Gasteiger partial charge on any atom is -0.497 e. The predicted molar refractivity (Wildman–Crippen MR) is 108 cm³/mol. The Bertz CT molecular complexity index is 998. The summed E-state index contributed by atoms with van der Waals surface area (Å²) >= 11 is 0. The van der Waals surface area contributed by atoms with Crippen molar-refractivity contribution in [1.82, 2.24) is 4.90 Å². The Morgan fingerprint density at radius 3 is 2.55 bits per heavy atom. The number of ether oxygens (including phenoxy) is 2. The van der Waals surface area contributed by atoms with Crippen LogP contribution in [0.2, 0.25) is 0 Å². The number of anilines is 2. The van der Waals surface area contributed by atoms with Gasteiger partial charge in [0.1, 0.15) is 23.9 Å². The minimum absolute atomic E-state index is 0.0368. The lowest BCUT2D eigenvalue weighted by atomic mass is 10.2. The molecule has 1 saturated heterocycles. The van der Waals surface area contributed by atoms with Gasteiger partial charge >= 0.3 is 12.1 Å². The molecule has 0 bridgehead atoms. The van der Waals surface area contributed by atoms with Gasteiger partial charge in [0.05, 0.1) is 32.5 Å². The highest BCUT2D eigenvalue weighted by Crippen LogP contribution is 2.26. The second-order valence-corrected chi connectivity index (χ2v) is 6.02. The standard InChI is InChI=1S/C20H19N5O4/c1-28-16-7-3-5-14(11-16)22-19(26)23-18-13-24(10-9-21)20(27)25(18)15-6-4-8-17(12-15)29-2/h3-8,11-12H,10,13H2,1-2H3,(H,22,26)/b23-18+. The molecule has 1 N–H and O–H groups in total. The van der Waals surface area contributed by atoms with Crippen molar-refractivity contribution in [2.75, 3.05) is 37.5 Å². The third kappa shape index (κ3) is 4.44. The third-order valence-electron chi connectivity index (χ3n) is 4.18. The zero-order valence-corrected chi connectivity index (χ0v) is 16.0. The Kier molecular flexibility index (Phi) is 5.94. The number of hydrogen-bond acceptors (Lipinski definition) is 5. The number of carbonyl (C=O) groups excluding carboxylic acids is 2. The van der Waals surface area contributed by atoms with Crippen LogP contribution in [0.25, 0.3) is 0 Å². The summed E-state index contributed by atoms with van der Waals surface area (Å²) in [5.74, 6) is 1.35. The number of rotatable bonds is 5. The van der Waals surface area contributed by atoms with Gasteiger partial charge < -0.3 is 19.7 Å². The van der Waals surface area contributed by atoms with Crippen molar-refractivity contribution in [1.29, 1.82) is 5.26 Å². The van der Waals surface area contributed by atoms with E-state index in [0.29, 0.717) is 22.9 Å². The fourth-order valence-electron chi connectivity index (χ4n) is 2.83. The van der Waals surface area contributed by atoms with Crippen LogP contribution in [-0.4, -0.2) is 50.1 Å². The van der Waals surface area contributed by atoms with Gasteiger partial charge in [-0.3, -0.25) is 0 Å². The lowest BCUT2D eigenvalue weighted by molar-refractivity contribution is 0.225. The highest BCUT2D eigenvalue weighted by Gasteiger charge is 2.36. The highest BCUT2D eigenvalue weighted by molar-refractivity contribution is 6.24. The van der Waals surface area contributed by atoms with E-state index in [1.165, 1.54) is 24.0 Å². The van der Waals surface area contributed by atoms with Crippen molar-refractivity contribution in [3.05, 3.63) is 48.5 Å². The summed E-state index contributed by atoms with van der Waals surface area (Å²) in [6, 6.07) is 14.5. The Balaban J connectivity index is 1.89. The van der Waals surface area contributed by atoms with Gasteiger partial charge in [0.15, 0.2) is 0 Å². The van der Waals surface area contributed by atoms with Crippen LogP contribution in [0.5, 0.6) is 11.5 Å². The molecule has 1 aliphatic rings. The van der Waals surface area contributed by atoms with Crippen LogP contribution in [0, 0.1) is 11.3 Å². The Hall–Kier alpha value is -4.06. The molecule has 2 aromatic carbocycles. The van der Waals surface area contributed by atoms with Crippen LogP contribution in [0.4, 0.5) is 21.0 Å². The molecule has 0 unspecified atom stereocenters. The van der Waals surface area contributed by atoms with E-state index < -0.39 is 12.1 Å². The average Bonchev–Trinajstić information content (AvgIpc) is 3.03. The van der Waals surface area contributed by atoms with Gasteiger partial charge in [0.25, 0.3) is 0 Å². The molecule has 0 atom stereocenters. The lowest BCUT2D eigenvalue weighted by Gasteiger charge is -2.17. The van der Waals surface area contributed by atoms with Crippen LogP contribution in [0.15, 0.2) is 53.5 Å². The maximum Gasteiger partial charge on any atom is 0.347 e. The maximum absolute atomic E-state index is 12.8. The van der Waals surface area contributed by atoms with Gasteiger partial charge in [-0.2, -0.15) is 10.3 Å². The largest absolute Gasteiger partial charge is 0.497 e. The lowest BCUT2D eigenvalue weighted by Crippen LogP contribution is -2.33. The van der Waals surface area contributed by atoms with E-state index in [1.54, 1.807) is 48.5 Å². The number of amides is 4. The molecular weight excluding hydrogens is 374 g/mol. The highest BCUT2D eigenvalue weighted by atomic mass is 16.5. The first-order valence-electron chi connectivity index (χ1n) is 8.68. The second kappa shape index (κ2) is 8.75. The molecule has 0 aromatic heterocycles. The topological polar surface area (TPSA) is 107 Å². The molecule has 148 valence electrons. The molecule has 9 heteroatoms. The summed E-state index contributed by atoms with van der Waals surface area (Å²) < 4.78 is 10.3. The maximum atomic E-state index is 12.8. The van der Waals surface area contributed by atoms with Crippen LogP contribution in [0.3, 0.4) is 0 Å². The summed E-state index contributed by atoms with van der Waals surface area (Å²) in [5, 5.41) is 11.6. The molecule has 0 saturated carbocycles. The van der Waals surface area contributed by atoms with E-state index >= 15 is 0 Å². The molecule has 0 spiro atoms. The average molecular weight is 393 g/mol. The van der Waals surface area contributed by atoms with E-state index in [4.69, 9.17) is 14.7 Å². The van der Waals surface area contributed by atoms with Gasteiger partial charge in [0, 0.05) is 17.8 Å². The monoisotopic (exact) mass is 393 g/mol. The van der Waals surface area contributed by atoms with Crippen molar-refractivity contribution in [2.24, 2.45) is 4.99 Å². The molecule has 1 fully saturated rings. The Morgan fingerprint density at radius 1 is 1.17 bits per heavy atom. The molecule has 4 amide bonds. The summed E-state index contributed by atoms with van der Waals surface area (Å²) in [6.07, 6.45) is 0. The summed E-state index contributed by atoms with van der Waals surface area (Å²) in [5.41, 5.74) is 0.993.